The number of isocyanates is 1. The highest BCUT2D eigenvalue weighted by Crippen LogP contribution is 2.22. The van der Waals surface area contributed by atoms with Gasteiger partial charge in [0.1, 0.15) is 0 Å². The Hall–Kier alpha value is -0.660. The third-order valence-electron chi connectivity index (χ3n) is 2.19. The van der Waals surface area contributed by atoms with E-state index in [1.54, 1.807) is 13.2 Å². The van der Waals surface area contributed by atoms with Crippen LogP contribution in [-0.4, -0.2) is 25.3 Å². The summed E-state index contributed by atoms with van der Waals surface area (Å²) in [7, 11) is 1.67. The van der Waals surface area contributed by atoms with Gasteiger partial charge >= 0.3 is 0 Å². The van der Waals surface area contributed by atoms with Crippen molar-refractivity contribution in [2.75, 3.05) is 7.11 Å². The third-order valence-corrected chi connectivity index (χ3v) is 2.19. The SMILES string of the molecule is COC1CCCCC1N=C=O. The molecule has 0 aromatic heterocycles. The fourth-order valence-corrected chi connectivity index (χ4v) is 1.57. The van der Waals surface area contributed by atoms with Crippen LogP contribution in [-0.2, 0) is 9.53 Å². The molecule has 0 heterocycles. The maximum Gasteiger partial charge on any atom is 0.235 e. The molecule has 0 aliphatic heterocycles. The molecule has 0 saturated heterocycles. The first-order valence-electron chi connectivity index (χ1n) is 3.98. The Morgan fingerprint density at radius 1 is 1.45 bits per heavy atom. The Labute approximate surface area is 66.5 Å². The van der Waals surface area contributed by atoms with Gasteiger partial charge < -0.3 is 4.74 Å². The van der Waals surface area contributed by atoms with Crippen molar-refractivity contribution in [3.05, 3.63) is 0 Å². The lowest BCUT2D eigenvalue weighted by molar-refractivity contribution is 0.0553. The van der Waals surface area contributed by atoms with Crippen molar-refractivity contribution < 1.29 is 9.53 Å². The quantitative estimate of drug-likeness (QED) is 0.445. The molecule has 0 bridgehead atoms. The minimum Gasteiger partial charge on any atom is -0.379 e. The number of hydrogen-bond donors (Lipinski definition) is 0. The number of aliphatic imine (C=N–C) groups is 1. The Balaban J connectivity index is 2.50. The standard InChI is InChI=1S/C8H13NO2/c1-11-8-5-3-2-4-7(8)9-6-10/h7-8H,2-5H2,1H3. The molecule has 1 rings (SSSR count). The van der Waals surface area contributed by atoms with E-state index in [-0.39, 0.29) is 12.1 Å². The zero-order valence-corrected chi connectivity index (χ0v) is 6.75. The van der Waals surface area contributed by atoms with E-state index < -0.39 is 0 Å². The van der Waals surface area contributed by atoms with Crippen LogP contribution in [0.1, 0.15) is 25.7 Å². The van der Waals surface area contributed by atoms with Crippen LogP contribution in [0, 0.1) is 0 Å². The molecule has 0 N–H and O–H groups in total. The second-order valence-corrected chi connectivity index (χ2v) is 2.85. The van der Waals surface area contributed by atoms with Crippen LogP contribution < -0.4 is 0 Å². The summed E-state index contributed by atoms with van der Waals surface area (Å²) in [6, 6.07) is 0.0613. The van der Waals surface area contributed by atoms with Crippen LogP contribution in [0.3, 0.4) is 0 Å². The lowest BCUT2D eigenvalue weighted by Crippen LogP contribution is -2.29. The summed E-state index contributed by atoms with van der Waals surface area (Å²) in [4.78, 5) is 13.7. The maximum absolute atomic E-state index is 9.99. The van der Waals surface area contributed by atoms with Crippen molar-refractivity contribution in [1.82, 2.24) is 0 Å². The second kappa shape index (κ2) is 4.27. The van der Waals surface area contributed by atoms with E-state index in [9.17, 15) is 4.79 Å². The number of nitrogens with zero attached hydrogens (tertiary/aromatic N) is 1. The number of hydrogen-bond acceptors (Lipinski definition) is 3. The topological polar surface area (TPSA) is 38.7 Å². The Bertz CT molecular complexity index is 163. The summed E-state index contributed by atoms with van der Waals surface area (Å²) >= 11 is 0. The molecule has 0 radical (unpaired) electrons. The molecular weight excluding hydrogens is 142 g/mol. The first-order valence-corrected chi connectivity index (χ1v) is 3.98. The van der Waals surface area contributed by atoms with Crippen molar-refractivity contribution in [3.63, 3.8) is 0 Å². The van der Waals surface area contributed by atoms with E-state index >= 15 is 0 Å². The van der Waals surface area contributed by atoms with Crippen LogP contribution in [0.5, 0.6) is 0 Å². The Kier molecular flexibility index (Phi) is 3.27. The van der Waals surface area contributed by atoms with E-state index in [1.807, 2.05) is 0 Å². The minimum atomic E-state index is 0.0613. The normalized spacial score (nSPS) is 31.0. The summed E-state index contributed by atoms with van der Waals surface area (Å²) in [5, 5.41) is 0. The van der Waals surface area contributed by atoms with Crippen molar-refractivity contribution in [1.29, 1.82) is 0 Å². The van der Waals surface area contributed by atoms with Gasteiger partial charge in [0.2, 0.25) is 6.08 Å². The van der Waals surface area contributed by atoms with Gasteiger partial charge in [-0.25, -0.2) is 4.79 Å². The minimum absolute atomic E-state index is 0.0613. The molecule has 1 fully saturated rings. The third kappa shape index (κ3) is 2.14. The number of methoxy groups -OCH3 is 1. The van der Waals surface area contributed by atoms with Gasteiger partial charge in [-0.05, 0) is 12.8 Å². The zero-order chi connectivity index (χ0) is 8.10. The van der Waals surface area contributed by atoms with Gasteiger partial charge in [-0.15, -0.1) is 0 Å². The highest BCUT2D eigenvalue weighted by molar-refractivity contribution is 5.33. The molecule has 2 unspecified atom stereocenters. The molecule has 1 aliphatic rings. The summed E-state index contributed by atoms with van der Waals surface area (Å²) in [6.07, 6.45) is 6.06. The van der Waals surface area contributed by atoms with Gasteiger partial charge in [0.05, 0.1) is 12.1 Å². The van der Waals surface area contributed by atoms with Crippen molar-refractivity contribution in [3.8, 4) is 0 Å². The monoisotopic (exact) mass is 155 g/mol. The molecule has 0 aromatic carbocycles. The molecule has 2 atom stereocenters. The number of rotatable bonds is 2. The van der Waals surface area contributed by atoms with E-state index in [4.69, 9.17) is 4.74 Å². The van der Waals surface area contributed by atoms with Crippen LogP contribution in [0.15, 0.2) is 4.99 Å². The fourth-order valence-electron chi connectivity index (χ4n) is 1.57. The second-order valence-electron chi connectivity index (χ2n) is 2.85. The van der Waals surface area contributed by atoms with Gasteiger partial charge in [0.25, 0.3) is 0 Å². The Morgan fingerprint density at radius 3 is 2.82 bits per heavy atom. The fraction of sp³-hybridized carbons (Fsp3) is 0.875. The smallest absolute Gasteiger partial charge is 0.235 e. The zero-order valence-electron chi connectivity index (χ0n) is 6.75. The lowest BCUT2D eigenvalue weighted by Gasteiger charge is -2.25. The predicted molar refractivity (Wildman–Crippen MR) is 41.2 cm³/mol. The van der Waals surface area contributed by atoms with E-state index in [0.29, 0.717) is 0 Å². The average Bonchev–Trinajstić information content (AvgIpc) is 2.06. The lowest BCUT2D eigenvalue weighted by atomic mass is 9.93. The van der Waals surface area contributed by atoms with Gasteiger partial charge in [-0.3, -0.25) is 0 Å². The summed E-state index contributed by atoms with van der Waals surface area (Å²) in [5.74, 6) is 0. The molecule has 1 aliphatic carbocycles. The van der Waals surface area contributed by atoms with Crippen LogP contribution in [0.25, 0.3) is 0 Å². The van der Waals surface area contributed by atoms with Gasteiger partial charge in [0.15, 0.2) is 0 Å². The van der Waals surface area contributed by atoms with Crippen LogP contribution in [0.2, 0.25) is 0 Å². The Morgan fingerprint density at radius 2 is 2.18 bits per heavy atom. The van der Waals surface area contributed by atoms with E-state index in [1.165, 1.54) is 6.42 Å². The van der Waals surface area contributed by atoms with E-state index in [0.717, 1.165) is 19.3 Å². The van der Waals surface area contributed by atoms with Gasteiger partial charge in [0, 0.05) is 7.11 Å². The molecule has 3 heteroatoms. The first-order chi connectivity index (χ1) is 5.38. The highest BCUT2D eigenvalue weighted by atomic mass is 16.5. The molecule has 11 heavy (non-hydrogen) atoms. The predicted octanol–water partition coefficient (Wildman–Crippen LogP) is 1.28. The average molecular weight is 155 g/mol. The van der Waals surface area contributed by atoms with Gasteiger partial charge in [-0.2, -0.15) is 4.99 Å². The first kappa shape index (κ1) is 8.44. The molecule has 62 valence electrons. The van der Waals surface area contributed by atoms with Gasteiger partial charge in [-0.1, -0.05) is 12.8 Å². The summed E-state index contributed by atoms with van der Waals surface area (Å²) in [6.45, 7) is 0. The molecular formula is C8H13NO2. The molecule has 0 spiro atoms. The van der Waals surface area contributed by atoms with Crippen LogP contribution >= 0.6 is 0 Å². The molecule has 1 saturated carbocycles. The van der Waals surface area contributed by atoms with Crippen molar-refractivity contribution in [2.24, 2.45) is 4.99 Å². The molecule has 3 nitrogen and oxygen atoms in total. The van der Waals surface area contributed by atoms with Crippen molar-refractivity contribution >= 4 is 6.08 Å². The summed E-state index contributed by atoms with van der Waals surface area (Å²) in [5.41, 5.74) is 0. The van der Waals surface area contributed by atoms with Crippen LogP contribution in [0.4, 0.5) is 0 Å². The highest BCUT2D eigenvalue weighted by Gasteiger charge is 2.23. The number of ether oxygens (including phenoxy) is 1. The van der Waals surface area contributed by atoms with Crippen molar-refractivity contribution in [2.45, 2.75) is 37.8 Å². The molecule has 0 amide bonds. The largest absolute Gasteiger partial charge is 0.379 e. The van der Waals surface area contributed by atoms with E-state index in [2.05, 4.69) is 4.99 Å². The number of carbonyl (C=O) groups excluding carboxylic acids is 1. The molecule has 0 aromatic rings. The summed E-state index contributed by atoms with van der Waals surface area (Å²) < 4.78 is 5.18. The maximum atomic E-state index is 9.99.